The number of halogens is 1. The van der Waals surface area contributed by atoms with Gasteiger partial charge in [-0.3, -0.25) is 4.79 Å². The number of rotatable bonds is 5. The first-order chi connectivity index (χ1) is 15.4. The molecule has 2 aromatic carbocycles. The number of pyridine rings is 1. The SMILES string of the molecule is Cc1cccc(OC(=O)CSc2nc3c(c(-c4ccc(Cl)cc4)c2C#N)CN(C)CC3)c1. The van der Waals surface area contributed by atoms with E-state index < -0.39 is 0 Å². The highest BCUT2D eigenvalue weighted by atomic mass is 35.5. The van der Waals surface area contributed by atoms with Crippen LogP contribution in [0.2, 0.25) is 5.02 Å². The molecule has 0 radical (unpaired) electrons. The number of esters is 1. The molecule has 3 aromatic rings. The van der Waals surface area contributed by atoms with E-state index in [0.717, 1.165) is 47.5 Å². The van der Waals surface area contributed by atoms with Crippen LogP contribution in [0.1, 0.15) is 22.4 Å². The lowest BCUT2D eigenvalue weighted by Gasteiger charge is -2.28. The lowest BCUT2D eigenvalue weighted by atomic mass is 9.92. The summed E-state index contributed by atoms with van der Waals surface area (Å²) in [7, 11) is 2.06. The third-order valence-electron chi connectivity index (χ3n) is 5.30. The van der Waals surface area contributed by atoms with Crippen molar-refractivity contribution >= 4 is 29.3 Å². The van der Waals surface area contributed by atoms with Gasteiger partial charge in [-0.1, -0.05) is 47.6 Å². The summed E-state index contributed by atoms with van der Waals surface area (Å²) in [6.07, 6.45) is 0.791. The van der Waals surface area contributed by atoms with E-state index in [2.05, 4.69) is 18.0 Å². The maximum absolute atomic E-state index is 12.4. The minimum absolute atomic E-state index is 0.0639. The number of ether oxygens (including phenoxy) is 1. The second kappa shape index (κ2) is 9.74. The number of hydrogen-bond acceptors (Lipinski definition) is 6. The molecule has 0 bridgehead atoms. The molecule has 1 aliphatic heterocycles. The maximum atomic E-state index is 12.4. The minimum Gasteiger partial charge on any atom is -0.426 e. The number of carbonyl (C=O) groups excluding carboxylic acids is 1. The summed E-state index contributed by atoms with van der Waals surface area (Å²) in [5, 5.41) is 11.3. The molecule has 5 nitrogen and oxygen atoms in total. The standard InChI is InChI=1S/C25H22ClN3O2S/c1-16-4-3-5-19(12-16)31-23(30)15-32-25-20(13-27)24(17-6-8-18(26)9-7-17)21-14-29(2)11-10-22(21)28-25/h3-9,12H,10-11,14-15H2,1-2H3. The second-order valence-corrected chi connectivity index (χ2v) is 9.18. The van der Waals surface area contributed by atoms with Crippen molar-refractivity contribution in [1.29, 1.82) is 5.26 Å². The molecule has 7 heteroatoms. The molecule has 0 atom stereocenters. The van der Waals surface area contributed by atoms with Crippen LogP contribution in [0, 0.1) is 18.3 Å². The van der Waals surface area contributed by atoms with Crippen molar-refractivity contribution in [3.8, 4) is 22.9 Å². The van der Waals surface area contributed by atoms with Crippen molar-refractivity contribution in [3.63, 3.8) is 0 Å². The molecule has 0 saturated carbocycles. The Labute approximate surface area is 197 Å². The molecule has 0 N–H and O–H groups in total. The molecule has 0 amide bonds. The Kier molecular flexibility index (Phi) is 6.80. The molecular weight excluding hydrogens is 442 g/mol. The average molecular weight is 464 g/mol. The van der Waals surface area contributed by atoms with Crippen LogP contribution in [-0.2, 0) is 17.8 Å². The van der Waals surface area contributed by atoms with Gasteiger partial charge < -0.3 is 9.64 Å². The summed E-state index contributed by atoms with van der Waals surface area (Å²) in [5.74, 6) is 0.199. The van der Waals surface area contributed by atoms with Crippen molar-refractivity contribution in [2.75, 3.05) is 19.3 Å². The van der Waals surface area contributed by atoms with Gasteiger partial charge in [0, 0.05) is 35.8 Å². The van der Waals surface area contributed by atoms with Gasteiger partial charge >= 0.3 is 5.97 Å². The molecular formula is C25H22ClN3O2S. The number of carbonyl (C=O) groups is 1. The highest BCUT2D eigenvalue weighted by Gasteiger charge is 2.25. The second-order valence-electron chi connectivity index (χ2n) is 7.78. The zero-order valence-corrected chi connectivity index (χ0v) is 19.5. The Morgan fingerprint density at radius 3 is 2.78 bits per heavy atom. The predicted octanol–water partition coefficient (Wildman–Crippen LogP) is 5.27. The minimum atomic E-state index is -0.378. The number of likely N-dealkylation sites (N-methyl/N-ethyl adjacent to an activating group) is 1. The Bertz CT molecular complexity index is 1210. The van der Waals surface area contributed by atoms with Crippen LogP contribution in [0.4, 0.5) is 0 Å². The first-order valence-electron chi connectivity index (χ1n) is 10.2. The summed E-state index contributed by atoms with van der Waals surface area (Å²) in [5.41, 5.74) is 5.32. The zero-order valence-electron chi connectivity index (χ0n) is 17.9. The van der Waals surface area contributed by atoms with E-state index >= 15 is 0 Å². The summed E-state index contributed by atoms with van der Waals surface area (Å²) in [4.78, 5) is 19.5. The summed E-state index contributed by atoms with van der Waals surface area (Å²) in [6.45, 7) is 3.55. The highest BCUT2D eigenvalue weighted by molar-refractivity contribution is 7.99. The fraction of sp³-hybridized carbons (Fsp3) is 0.240. The third kappa shape index (κ3) is 4.97. The van der Waals surface area contributed by atoms with Crippen molar-refractivity contribution in [2.45, 2.75) is 24.9 Å². The van der Waals surface area contributed by atoms with Gasteiger partial charge in [-0.2, -0.15) is 5.26 Å². The average Bonchev–Trinajstić information content (AvgIpc) is 2.77. The zero-order chi connectivity index (χ0) is 22.7. The first kappa shape index (κ1) is 22.3. The number of thioether (sulfide) groups is 1. The number of nitriles is 1. The molecule has 32 heavy (non-hydrogen) atoms. The van der Waals surface area contributed by atoms with Crippen LogP contribution in [0.3, 0.4) is 0 Å². The van der Waals surface area contributed by atoms with Crippen molar-refractivity contribution in [1.82, 2.24) is 9.88 Å². The van der Waals surface area contributed by atoms with E-state index in [-0.39, 0.29) is 11.7 Å². The van der Waals surface area contributed by atoms with E-state index in [0.29, 0.717) is 21.4 Å². The summed E-state index contributed by atoms with van der Waals surface area (Å²) in [6, 6.07) is 17.2. The molecule has 0 fully saturated rings. The van der Waals surface area contributed by atoms with Crippen LogP contribution in [-0.4, -0.2) is 35.2 Å². The van der Waals surface area contributed by atoms with Crippen LogP contribution in [0.5, 0.6) is 5.75 Å². The highest BCUT2D eigenvalue weighted by Crippen LogP contribution is 2.37. The smallest absolute Gasteiger partial charge is 0.321 e. The largest absolute Gasteiger partial charge is 0.426 e. The molecule has 0 spiro atoms. The van der Waals surface area contributed by atoms with Crippen LogP contribution in [0.25, 0.3) is 11.1 Å². The lowest BCUT2D eigenvalue weighted by molar-refractivity contribution is -0.131. The van der Waals surface area contributed by atoms with Gasteiger partial charge in [-0.05, 0) is 54.9 Å². The van der Waals surface area contributed by atoms with Gasteiger partial charge in [0.15, 0.2) is 0 Å². The molecule has 1 aliphatic rings. The maximum Gasteiger partial charge on any atom is 0.321 e. The number of nitrogens with zero attached hydrogens (tertiary/aromatic N) is 3. The van der Waals surface area contributed by atoms with Gasteiger partial charge in [0.05, 0.1) is 11.3 Å². The van der Waals surface area contributed by atoms with Gasteiger partial charge in [0.2, 0.25) is 0 Å². The predicted molar refractivity (Wildman–Crippen MR) is 127 cm³/mol. The third-order valence-corrected chi connectivity index (χ3v) is 6.50. The van der Waals surface area contributed by atoms with Gasteiger partial charge in [0.1, 0.15) is 16.8 Å². The topological polar surface area (TPSA) is 66.2 Å². The Hall–Kier alpha value is -2.85. The quantitative estimate of drug-likeness (QED) is 0.292. The molecule has 4 rings (SSSR count). The fourth-order valence-electron chi connectivity index (χ4n) is 3.78. The molecule has 162 valence electrons. The van der Waals surface area contributed by atoms with Crippen molar-refractivity contribution < 1.29 is 9.53 Å². The lowest BCUT2D eigenvalue weighted by Crippen LogP contribution is -2.28. The Morgan fingerprint density at radius 2 is 2.06 bits per heavy atom. The van der Waals surface area contributed by atoms with E-state index in [1.165, 1.54) is 11.8 Å². The normalized spacial score (nSPS) is 13.3. The van der Waals surface area contributed by atoms with E-state index in [4.69, 9.17) is 21.3 Å². The molecule has 0 aliphatic carbocycles. The van der Waals surface area contributed by atoms with E-state index in [1.54, 1.807) is 6.07 Å². The monoisotopic (exact) mass is 463 g/mol. The van der Waals surface area contributed by atoms with Gasteiger partial charge in [0.25, 0.3) is 0 Å². The van der Waals surface area contributed by atoms with Crippen molar-refractivity contribution in [3.05, 3.63) is 75.9 Å². The van der Waals surface area contributed by atoms with Gasteiger partial charge in [-0.25, -0.2) is 4.98 Å². The van der Waals surface area contributed by atoms with Crippen molar-refractivity contribution in [2.24, 2.45) is 0 Å². The molecule has 0 saturated heterocycles. The van der Waals surface area contributed by atoms with Crippen LogP contribution in [0.15, 0.2) is 53.6 Å². The summed E-state index contributed by atoms with van der Waals surface area (Å²) < 4.78 is 5.45. The number of aryl methyl sites for hydroxylation is 1. The number of hydrogen-bond donors (Lipinski definition) is 0. The molecule has 2 heterocycles. The first-order valence-corrected chi connectivity index (χ1v) is 11.6. The summed E-state index contributed by atoms with van der Waals surface area (Å²) >= 11 is 7.33. The Balaban J connectivity index is 1.66. The van der Waals surface area contributed by atoms with E-state index in [1.807, 2.05) is 49.4 Å². The van der Waals surface area contributed by atoms with Gasteiger partial charge in [-0.15, -0.1) is 0 Å². The fourth-order valence-corrected chi connectivity index (χ4v) is 4.69. The van der Waals surface area contributed by atoms with Crippen LogP contribution >= 0.6 is 23.4 Å². The number of benzene rings is 2. The molecule has 0 unspecified atom stereocenters. The van der Waals surface area contributed by atoms with E-state index in [9.17, 15) is 10.1 Å². The number of fused-ring (bicyclic) bond motifs is 1. The number of aromatic nitrogens is 1. The van der Waals surface area contributed by atoms with Crippen LogP contribution < -0.4 is 4.74 Å². The molecule has 1 aromatic heterocycles. The Morgan fingerprint density at radius 1 is 1.28 bits per heavy atom.